The van der Waals surface area contributed by atoms with E-state index in [0.29, 0.717) is 11.3 Å². The van der Waals surface area contributed by atoms with Gasteiger partial charge in [0.25, 0.3) is 5.91 Å². The summed E-state index contributed by atoms with van der Waals surface area (Å²) in [6.07, 6.45) is 0. The second-order valence-electron chi connectivity index (χ2n) is 5.81. The molecule has 4 rings (SSSR count). The van der Waals surface area contributed by atoms with Gasteiger partial charge in [-0.1, -0.05) is 0 Å². The van der Waals surface area contributed by atoms with Crippen molar-refractivity contribution >= 4 is 40.9 Å². The number of carbonyl (C=O) groups is 3. The van der Waals surface area contributed by atoms with E-state index in [9.17, 15) is 23.9 Å². The number of amides is 2. The fourth-order valence-corrected chi connectivity index (χ4v) is 4.54. The van der Waals surface area contributed by atoms with Crippen molar-refractivity contribution in [2.24, 2.45) is 0 Å². The number of rotatable bonds is 2. The second kappa shape index (κ2) is 5.46. The summed E-state index contributed by atoms with van der Waals surface area (Å²) >= 11 is 1.04. The van der Waals surface area contributed by atoms with Crippen LogP contribution in [0.5, 0.6) is 5.75 Å². The molecule has 7 nitrogen and oxygen atoms in total. The zero-order valence-electron chi connectivity index (χ0n) is 13.0. The lowest BCUT2D eigenvalue weighted by Gasteiger charge is -2.32. The van der Waals surface area contributed by atoms with Crippen molar-refractivity contribution in [3.05, 3.63) is 53.3 Å². The molecule has 0 bridgehead atoms. The Kier molecular flexibility index (Phi) is 3.45. The van der Waals surface area contributed by atoms with Crippen LogP contribution in [0.4, 0.5) is 15.8 Å². The third-order valence-corrected chi connectivity index (χ3v) is 5.74. The summed E-state index contributed by atoms with van der Waals surface area (Å²) in [4.78, 5) is 36.0. The van der Waals surface area contributed by atoms with Crippen molar-refractivity contribution in [3.63, 3.8) is 0 Å². The van der Waals surface area contributed by atoms with Crippen molar-refractivity contribution in [2.45, 2.75) is 4.87 Å². The summed E-state index contributed by atoms with van der Waals surface area (Å²) in [5, 5.41) is 21.6. The van der Waals surface area contributed by atoms with E-state index in [-0.39, 0.29) is 17.0 Å². The number of nitrogens with one attached hydrogen (secondary N) is 1. The van der Waals surface area contributed by atoms with Crippen LogP contribution >= 0.6 is 11.8 Å². The Labute approximate surface area is 150 Å². The van der Waals surface area contributed by atoms with Gasteiger partial charge in [0, 0.05) is 23.0 Å². The summed E-state index contributed by atoms with van der Waals surface area (Å²) in [6.45, 7) is 0. The quantitative estimate of drug-likeness (QED) is 0.743. The number of phenols is 1. The predicted octanol–water partition coefficient (Wildman–Crippen LogP) is 2.11. The summed E-state index contributed by atoms with van der Waals surface area (Å²) in [5.41, 5.74) is 0.523. The molecular weight excluding hydrogens is 363 g/mol. The van der Waals surface area contributed by atoms with E-state index in [1.807, 2.05) is 0 Å². The van der Waals surface area contributed by atoms with Gasteiger partial charge in [-0.15, -0.1) is 11.8 Å². The zero-order valence-corrected chi connectivity index (χ0v) is 13.8. The van der Waals surface area contributed by atoms with Crippen LogP contribution in [-0.4, -0.2) is 33.7 Å². The average molecular weight is 374 g/mol. The molecule has 1 spiro atoms. The average Bonchev–Trinajstić information content (AvgIpc) is 3.06. The van der Waals surface area contributed by atoms with Crippen LogP contribution in [0.3, 0.4) is 0 Å². The number of aromatic hydroxyl groups is 1. The molecule has 0 radical (unpaired) electrons. The van der Waals surface area contributed by atoms with Gasteiger partial charge >= 0.3 is 5.97 Å². The summed E-state index contributed by atoms with van der Waals surface area (Å²) in [5.74, 6) is -3.35. The van der Waals surface area contributed by atoms with E-state index in [1.165, 1.54) is 29.2 Å². The maximum absolute atomic E-state index is 13.8. The molecule has 1 saturated heterocycles. The lowest BCUT2D eigenvalue weighted by atomic mass is 10.0. The third kappa shape index (κ3) is 2.10. The van der Waals surface area contributed by atoms with Gasteiger partial charge in [-0.05, 0) is 30.3 Å². The third-order valence-electron chi connectivity index (χ3n) is 4.34. The van der Waals surface area contributed by atoms with Crippen LogP contribution in [0, 0.1) is 5.82 Å². The fraction of sp³-hybridized carbons (Fsp3) is 0.118. The van der Waals surface area contributed by atoms with Crippen LogP contribution in [0.15, 0.2) is 36.4 Å². The maximum atomic E-state index is 13.8. The molecule has 1 fully saturated rings. The molecule has 0 aliphatic carbocycles. The number of aromatic carboxylic acids is 1. The van der Waals surface area contributed by atoms with E-state index in [0.717, 1.165) is 23.9 Å². The number of carboxylic acid groups (broad SMARTS) is 1. The van der Waals surface area contributed by atoms with E-state index >= 15 is 0 Å². The Morgan fingerprint density at radius 2 is 2.00 bits per heavy atom. The van der Waals surface area contributed by atoms with Crippen molar-refractivity contribution < 1.29 is 29.0 Å². The SMILES string of the molecule is O=C(O)c1ccc(N2C(=O)CSC23C(=O)Nc2ccc(F)cc23)cc1O. The first-order valence-electron chi connectivity index (χ1n) is 7.49. The predicted molar refractivity (Wildman–Crippen MR) is 91.7 cm³/mol. The molecule has 2 heterocycles. The standard InChI is InChI=1S/C17H11FN2O5S/c18-8-1-4-12-11(5-8)17(16(25)19-12)20(14(22)7-26-17)9-2-3-10(15(23)24)13(21)6-9/h1-6,21H,7H2,(H,19,25)(H,23,24). The van der Waals surface area contributed by atoms with Gasteiger partial charge in [-0.3, -0.25) is 14.5 Å². The van der Waals surface area contributed by atoms with Gasteiger partial charge in [0.2, 0.25) is 10.8 Å². The first-order valence-corrected chi connectivity index (χ1v) is 8.48. The molecule has 0 aromatic heterocycles. The molecule has 2 amide bonds. The zero-order chi connectivity index (χ0) is 18.6. The highest BCUT2D eigenvalue weighted by molar-refractivity contribution is 8.02. The summed E-state index contributed by atoms with van der Waals surface area (Å²) in [6, 6.07) is 7.41. The molecule has 2 aromatic carbocycles. The second-order valence-corrected chi connectivity index (χ2v) is 6.98. The number of hydrogen-bond donors (Lipinski definition) is 3. The Morgan fingerprint density at radius 3 is 2.69 bits per heavy atom. The van der Waals surface area contributed by atoms with E-state index in [4.69, 9.17) is 5.11 Å². The fourth-order valence-electron chi connectivity index (χ4n) is 3.24. The number of carbonyl (C=O) groups excluding carboxylic acids is 2. The van der Waals surface area contributed by atoms with Crippen LogP contribution in [-0.2, 0) is 14.5 Å². The van der Waals surface area contributed by atoms with Crippen molar-refractivity contribution in [1.29, 1.82) is 0 Å². The Hall–Kier alpha value is -3.07. The van der Waals surface area contributed by atoms with E-state index < -0.39 is 34.2 Å². The van der Waals surface area contributed by atoms with Gasteiger partial charge in [0.1, 0.15) is 17.1 Å². The first-order chi connectivity index (χ1) is 12.3. The van der Waals surface area contributed by atoms with Crippen molar-refractivity contribution in [3.8, 4) is 5.75 Å². The molecule has 26 heavy (non-hydrogen) atoms. The topological polar surface area (TPSA) is 107 Å². The number of halogens is 1. The summed E-state index contributed by atoms with van der Waals surface area (Å²) < 4.78 is 13.8. The van der Waals surface area contributed by atoms with E-state index in [1.54, 1.807) is 0 Å². The molecule has 1 unspecified atom stereocenters. The van der Waals surface area contributed by atoms with Crippen LogP contribution in [0.25, 0.3) is 0 Å². The lowest BCUT2D eigenvalue weighted by Crippen LogP contribution is -2.47. The monoisotopic (exact) mass is 374 g/mol. The molecule has 9 heteroatoms. The minimum atomic E-state index is -1.51. The first kappa shape index (κ1) is 16.4. The number of carboxylic acids is 1. The smallest absolute Gasteiger partial charge is 0.339 e. The largest absolute Gasteiger partial charge is 0.507 e. The molecule has 2 aliphatic rings. The number of hydrogen-bond acceptors (Lipinski definition) is 5. The Bertz CT molecular complexity index is 995. The highest BCUT2D eigenvalue weighted by Crippen LogP contribution is 2.54. The van der Waals surface area contributed by atoms with Crippen molar-refractivity contribution in [1.82, 2.24) is 0 Å². The molecule has 2 aliphatic heterocycles. The normalized spacial score (nSPS) is 21.2. The van der Waals surface area contributed by atoms with Crippen molar-refractivity contribution in [2.75, 3.05) is 16.0 Å². The minimum absolute atomic E-state index is 0.0230. The van der Waals surface area contributed by atoms with Gasteiger partial charge < -0.3 is 15.5 Å². The number of anilines is 2. The number of nitrogens with zero attached hydrogens (tertiary/aromatic N) is 1. The van der Waals surface area contributed by atoms with Gasteiger partial charge in [0.05, 0.1) is 5.75 Å². The van der Waals surface area contributed by atoms with Crippen LogP contribution < -0.4 is 10.2 Å². The molecule has 132 valence electrons. The van der Waals surface area contributed by atoms with Crippen LogP contribution in [0.1, 0.15) is 15.9 Å². The Morgan fingerprint density at radius 1 is 1.23 bits per heavy atom. The van der Waals surface area contributed by atoms with Gasteiger partial charge in [-0.25, -0.2) is 9.18 Å². The highest BCUT2D eigenvalue weighted by Gasteiger charge is 2.58. The van der Waals surface area contributed by atoms with E-state index in [2.05, 4.69) is 5.32 Å². The molecule has 3 N–H and O–H groups in total. The molecule has 0 saturated carbocycles. The minimum Gasteiger partial charge on any atom is -0.507 e. The van der Waals surface area contributed by atoms with Gasteiger partial charge in [-0.2, -0.15) is 0 Å². The molecule has 1 atom stereocenters. The summed E-state index contributed by atoms with van der Waals surface area (Å²) in [7, 11) is 0. The van der Waals surface area contributed by atoms with Gasteiger partial charge in [0.15, 0.2) is 0 Å². The highest BCUT2D eigenvalue weighted by atomic mass is 32.2. The van der Waals surface area contributed by atoms with Crippen LogP contribution in [0.2, 0.25) is 0 Å². The number of thioether (sulfide) groups is 1. The lowest BCUT2D eigenvalue weighted by molar-refractivity contribution is -0.122. The number of fused-ring (bicyclic) bond motifs is 2. The molecule has 2 aromatic rings. The maximum Gasteiger partial charge on any atom is 0.339 e. The Balaban J connectivity index is 1.90. The number of benzene rings is 2. The molecular formula is C17H11FN2O5S.